The Morgan fingerprint density at radius 3 is 3.06 bits per heavy atom. The zero-order valence-corrected chi connectivity index (χ0v) is 11.2. The Hall–Kier alpha value is -1.33. The van der Waals surface area contributed by atoms with E-state index in [9.17, 15) is 0 Å². The molecule has 3 rings (SSSR count). The standard InChI is InChI=1S/C13H16N4S/c1-10-15-16-13(18-10)9-17-8-4-6-12(17)11-5-2-3-7-14-11/h2-3,5,7,12H,4,6,8-9H2,1H3/t12-/m0/s1. The molecule has 1 aliphatic heterocycles. The van der Waals surface area contributed by atoms with Crippen molar-refractivity contribution >= 4 is 11.3 Å². The number of pyridine rings is 1. The van der Waals surface area contributed by atoms with Crippen LogP contribution in [0.1, 0.15) is 34.6 Å². The molecule has 0 unspecified atom stereocenters. The highest BCUT2D eigenvalue weighted by molar-refractivity contribution is 7.11. The topological polar surface area (TPSA) is 41.9 Å². The number of aromatic nitrogens is 3. The maximum atomic E-state index is 4.48. The molecule has 0 N–H and O–H groups in total. The van der Waals surface area contributed by atoms with E-state index >= 15 is 0 Å². The van der Waals surface area contributed by atoms with Gasteiger partial charge < -0.3 is 0 Å². The molecule has 2 aromatic rings. The summed E-state index contributed by atoms with van der Waals surface area (Å²) in [5.74, 6) is 0. The van der Waals surface area contributed by atoms with Crippen molar-refractivity contribution in [2.24, 2.45) is 0 Å². The molecule has 0 aliphatic carbocycles. The van der Waals surface area contributed by atoms with Crippen molar-refractivity contribution in [2.45, 2.75) is 32.4 Å². The number of hydrogen-bond acceptors (Lipinski definition) is 5. The van der Waals surface area contributed by atoms with E-state index in [0.29, 0.717) is 6.04 Å². The fourth-order valence-corrected chi connectivity index (χ4v) is 3.23. The van der Waals surface area contributed by atoms with E-state index < -0.39 is 0 Å². The number of nitrogens with zero attached hydrogens (tertiary/aromatic N) is 4. The van der Waals surface area contributed by atoms with Crippen molar-refractivity contribution in [1.29, 1.82) is 0 Å². The van der Waals surface area contributed by atoms with Gasteiger partial charge in [-0.3, -0.25) is 9.88 Å². The normalized spacial score (nSPS) is 20.4. The lowest BCUT2D eigenvalue weighted by molar-refractivity contribution is 0.243. The quantitative estimate of drug-likeness (QED) is 0.850. The van der Waals surface area contributed by atoms with Gasteiger partial charge in [-0.05, 0) is 38.4 Å². The molecule has 94 valence electrons. The first-order valence-electron chi connectivity index (χ1n) is 6.27. The Bertz CT molecular complexity index is 511. The highest BCUT2D eigenvalue weighted by Gasteiger charge is 2.27. The molecule has 0 saturated carbocycles. The van der Waals surface area contributed by atoms with Crippen molar-refractivity contribution in [1.82, 2.24) is 20.1 Å². The van der Waals surface area contributed by atoms with E-state index in [-0.39, 0.29) is 0 Å². The van der Waals surface area contributed by atoms with Crippen LogP contribution in [0.25, 0.3) is 0 Å². The van der Waals surface area contributed by atoms with Gasteiger partial charge >= 0.3 is 0 Å². The van der Waals surface area contributed by atoms with E-state index in [1.807, 2.05) is 19.2 Å². The van der Waals surface area contributed by atoms with E-state index in [1.165, 1.54) is 18.5 Å². The summed E-state index contributed by atoms with van der Waals surface area (Å²) in [6.07, 6.45) is 4.30. The van der Waals surface area contributed by atoms with Gasteiger partial charge in [-0.1, -0.05) is 6.07 Å². The van der Waals surface area contributed by atoms with E-state index in [4.69, 9.17) is 0 Å². The predicted octanol–water partition coefficient (Wildman–Crippen LogP) is 2.58. The Morgan fingerprint density at radius 2 is 2.33 bits per heavy atom. The third-order valence-corrected chi connectivity index (χ3v) is 4.12. The maximum Gasteiger partial charge on any atom is 0.131 e. The number of hydrogen-bond donors (Lipinski definition) is 0. The first kappa shape index (κ1) is 11.7. The Kier molecular flexibility index (Phi) is 3.34. The van der Waals surface area contributed by atoms with Crippen molar-refractivity contribution in [3.63, 3.8) is 0 Å². The molecular formula is C13H16N4S. The van der Waals surface area contributed by atoms with Gasteiger partial charge in [-0.15, -0.1) is 21.5 Å². The second kappa shape index (κ2) is 5.12. The number of aryl methyl sites for hydroxylation is 1. The first-order valence-corrected chi connectivity index (χ1v) is 7.08. The molecule has 0 aromatic carbocycles. The van der Waals surface area contributed by atoms with Crippen molar-refractivity contribution in [3.8, 4) is 0 Å². The highest BCUT2D eigenvalue weighted by atomic mass is 32.1. The molecular weight excluding hydrogens is 244 g/mol. The summed E-state index contributed by atoms with van der Waals surface area (Å²) < 4.78 is 0. The molecule has 18 heavy (non-hydrogen) atoms. The molecule has 5 heteroatoms. The second-order valence-electron chi connectivity index (χ2n) is 4.60. The smallest absolute Gasteiger partial charge is 0.131 e. The Labute approximate surface area is 111 Å². The van der Waals surface area contributed by atoms with Gasteiger partial charge in [0.15, 0.2) is 0 Å². The van der Waals surface area contributed by atoms with E-state index in [2.05, 4.69) is 32.2 Å². The molecule has 4 nitrogen and oxygen atoms in total. The molecule has 3 heterocycles. The molecule has 1 fully saturated rings. The minimum absolute atomic E-state index is 0.440. The monoisotopic (exact) mass is 260 g/mol. The third-order valence-electron chi connectivity index (χ3n) is 3.30. The predicted molar refractivity (Wildman–Crippen MR) is 71.3 cm³/mol. The molecule has 2 aromatic heterocycles. The molecule has 0 amide bonds. The van der Waals surface area contributed by atoms with Crippen LogP contribution in [0.4, 0.5) is 0 Å². The minimum Gasteiger partial charge on any atom is -0.288 e. The number of rotatable bonds is 3. The summed E-state index contributed by atoms with van der Waals surface area (Å²) in [6.45, 7) is 4.02. The fraction of sp³-hybridized carbons (Fsp3) is 0.462. The van der Waals surface area contributed by atoms with Crippen LogP contribution >= 0.6 is 11.3 Å². The van der Waals surface area contributed by atoms with Crippen molar-refractivity contribution in [2.75, 3.05) is 6.54 Å². The molecule has 0 bridgehead atoms. The van der Waals surface area contributed by atoms with Crippen LogP contribution in [0.5, 0.6) is 0 Å². The minimum atomic E-state index is 0.440. The van der Waals surface area contributed by atoms with Gasteiger partial charge in [0, 0.05) is 6.20 Å². The van der Waals surface area contributed by atoms with Crippen LogP contribution in [0.15, 0.2) is 24.4 Å². The van der Waals surface area contributed by atoms with E-state index in [0.717, 1.165) is 23.1 Å². The Balaban J connectivity index is 1.75. The molecule has 0 spiro atoms. The second-order valence-corrected chi connectivity index (χ2v) is 5.86. The lowest BCUT2D eigenvalue weighted by Gasteiger charge is -2.22. The summed E-state index contributed by atoms with van der Waals surface area (Å²) in [6, 6.07) is 6.59. The first-order chi connectivity index (χ1) is 8.83. The average Bonchev–Trinajstić information content (AvgIpc) is 3.00. The third kappa shape index (κ3) is 2.42. The van der Waals surface area contributed by atoms with Gasteiger partial charge in [0.05, 0.1) is 18.3 Å². The van der Waals surface area contributed by atoms with Crippen LogP contribution in [0.2, 0.25) is 0 Å². The van der Waals surface area contributed by atoms with Gasteiger partial charge in [0.1, 0.15) is 10.0 Å². The summed E-state index contributed by atoms with van der Waals surface area (Å²) >= 11 is 1.69. The maximum absolute atomic E-state index is 4.48. The van der Waals surface area contributed by atoms with Crippen molar-refractivity contribution in [3.05, 3.63) is 40.1 Å². The van der Waals surface area contributed by atoms with Gasteiger partial charge in [0.25, 0.3) is 0 Å². The summed E-state index contributed by atoms with van der Waals surface area (Å²) in [5.41, 5.74) is 1.18. The van der Waals surface area contributed by atoms with Gasteiger partial charge in [0.2, 0.25) is 0 Å². The molecule has 1 saturated heterocycles. The van der Waals surface area contributed by atoms with Crippen molar-refractivity contribution < 1.29 is 0 Å². The van der Waals surface area contributed by atoms with Crippen LogP contribution in [-0.4, -0.2) is 26.6 Å². The summed E-state index contributed by atoms with van der Waals surface area (Å²) in [5, 5.41) is 10.4. The Morgan fingerprint density at radius 1 is 1.39 bits per heavy atom. The van der Waals surface area contributed by atoms with Gasteiger partial charge in [-0.2, -0.15) is 0 Å². The van der Waals surface area contributed by atoms with E-state index in [1.54, 1.807) is 11.3 Å². The van der Waals surface area contributed by atoms with Crippen LogP contribution < -0.4 is 0 Å². The van der Waals surface area contributed by atoms with Crippen LogP contribution in [-0.2, 0) is 6.54 Å². The van der Waals surface area contributed by atoms with Crippen LogP contribution in [0.3, 0.4) is 0 Å². The lowest BCUT2D eigenvalue weighted by atomic mass is 10.1. The fourth-order valence-electron chi connectivity index (χ4n) is 2.50. The SMILES string of the molecule is Cc1nnc(CN2CCC[C@H]2c2ccccn2)s1. The zero-order chi connectivity index (χ0) is 12.4. The molecule has 1 aliphatic rings. The van der Waals surface area contributed by atoms with Gasteiger partial charge in [-0.25, -0.2) is 0 Å². The summed E-state index contributed by atoms with van der Waals surface area (Å²) in [7, 11) is 0. The highest BCUT2D eigenvalue weighted by Crippen LogP contribution is 2.32. The largest absolute Gasteiger partial charge is 0.288 e. The average molecular weight is 260 g/mol. The molecule has 0 radical (unpaired) electrons. The van der Waals surface area contributed by atoms with Crippen LogP contribution in [0, 0.1) is 6.92 Å². The number of likely N-dealkylation sites (tertiary alicyclic amines) is 1. The molecule has 1 atom stereocenters. The zero-order valence-electron chi connectivity index (χ0n) is 10.4. The lowest BCUT2D eigenvalue weighted by Crippen LogP contribution is -2.23. The summed E-state index contributed by atoms with van der Waals surface area (Å²) in [4.78, 5) is 6.94.